The normalized spacial score (nSPS) is 12.6. The first kappa shape index (κ1) is 54.8. The topological polar surface area (TPSA) is 181 Å². The Labute approximate surface area is 453 Å². The number of carbonyl (C=O) groups is 2. The van der Waals surface area contributed by atoms with Crippen molar-refractivity contribution in [2.24, 2.45) is 0 Å². The molecule has 0 aliphatic heterocycles. The average Bonchev–Trinajstić information content (AvgIpc) is 4.33. The third kappa shape index (κ3) is 15.7. The molecule has 0 spiro atoms. The number of hydrogen-bond acceptors (Lipinski definition) is 10. The zero-order chi connectivity index (χ0) is 51.0. The maximum Gasteiger partial charge on any atom is 1.00 e. The fraction of sp³-hybridized carbons (Fsp3) is 0.161. The zero-order valence-corrected chi connectivity index (χ0v) is 43.5. The van der Waals surface area contributed by atoms with Gasteiger partial charge in [0.25, 0.3) is 0 Å². The van der Waals surface area contributed by atoms with E-state index < -0.39 is 24.4 Å². The SMILES string of the molecule is C[C@@H](OC(=O)Nc1ccn(-c2ccc(-c3ccc(C4CC4)cc3)cc2)n1)c1ccccc1Cl.C[C@@H](OC(=O)Nc1ccn(-c2ccc(-c3ccc([C-]4CC4)cc3)cc2)n1)c1ccccc1Cl.O=C=O.O=C=O.[Na+]. The van der Waals surface area contributed by atoms with Gasteiger partial charge >= 0.3 is 54.0 Å². The third-order valence-electron chi connectivity index (χ3n) is 11.6. The van der Waals surface area contributed by atoms with Gasteiger partial charge in [-0.25, -0.2) is 19.0 Å². The van der Waals surface area contributed by atoms with Gasteiger partial charge in [0.1, 0.15) is 12.2 Å². The molecule has 2 N–H and O–H groups in total. The Morgan fingerprint density at radius 1 is 0.562 bits per heavy atom. The number of nitrogens with zero attached hydrogens (tertiary/aromatic N) is 4. The molecule has 0 saturated heterocycles. The molecular weight excluding hydrogens is 979 g/mol. The van der Waals surface area contributed by atoms with Crippen LogP contribution in [0.5, 0.6) is 0 Å². The summed E-state index contributed by atoms with van der Waals surface area (Å²) in [7, 11) is 0. The summed E-state index contributed by atoms with van der Waals surface area (Å²) < 4.78 is 14.3. The van der Waals surface area contributed by atoms with Crippen LogP contribution in [-0.2, 0) is 28.7 Å². The fourth-order valence-electron chi connectivity index (χ4n) is 7.62. The van der Waals surface area contributed by atoms with Crippen LogP contribution in [0.2, 0.25) is 10.0 Å². The molecule has 0 bridgehead atoms. The van der Waals surface area contributed by atoms with Gasteiger partial charge in [0.2, 0.25) is 0 Å². The van der Waals surface area contributed by atoms with E-state index in [1.54, 1.807) is 65.8 Å². The molecule has 2 amide bonds. The number of amides is 2. The van der Waals surface area contributed by atoms with Crippen LogP contribution in [0.4, 0.5) is 21.2 Å². The average molecular weight is 1030 g/mol. The molecule has 2 fully saturated rings. The van der Waals surface area contributed by atoms with Crippen LogP contribution >= 0.6 is 23.2 Å². The maximum atomic E-state index is 12.3. The van der Waals surface area contributed by atoms with Crippen LogP contribution in [0.15, 0.2) is 170 Å². The van der Waals surface area contributed by atoms with E-state index in [9.17, 15) is 9.59 Å². The monoisotopic (exact) mass is 1020 g/mol. The number of ether oxygens (including phenoxy) is 2. The van der Waals surface area contributed by atoms with E-state index in [2.05, 4.69) is 93.6 Å². The molecule has 6 aromatic carbocycles. The maximum absolute atomic E-state index is 12.3. The molecule has 364 valence electrons. The van der Waals surface area contributed by atoms with Gasteiger partial charge < -0.3 is 9.47 Å². The van der Waals surface area contributed by atoms with Crippen molar-refractivity contribution in [2.75, 3.05) is 10.6 Å². The first-order chi connectivity index (χ1) is 35.0. The van der Waals surface area contributed by atoms with Crippen molar-refractivity contribution in [2.45, 2.75) is 57.7 Å². The summed E-state index contributed by atoms with van der Waals surface area (Å²) in [4.78, 5) is 57.1. The Balaban J connectivity index is 0.000000213. The predicted molar refractivity (Wildman–Crippen MR) is 272 cm³/mol. The minimum atomic E-state index is -0.587. The number of benzene rings is 6. The van der Waals surface area contributed by atoms with Gasteiger partial charge in [0, 0.05) is 45.7 Å². The Morgan fingerprint density at radius 2 is 0.918 bits per heavy atom. The van der Waals surface area contributed by atoms with Crippen molar-refractivity contribution in [3.63, 3.8) is 0 Å². The molecule has 0 unspecified atom stereocenters. The van der Waals surface area contributed by atoms with Crippen molar-refractivity contribution in [1.82, 2.24) is 19.6 Å². The number of carbonyl (C=O) groups excluding carboxylic acids is 6. The molecule has 0 radical (unpaired) electrons. The molecule has 2 aliphatic rings. The van der Waals surface area contributed by atoms with Crippen LogP contribution in [0.1, 0.15) is 79.9 Å². The molecule has 8 aromatic rings. The van der Waals surface area contributed by atoms with Gasteiger partial charge in [-0.05, 0) is 96.8 Å². The van der Waals surface area contributed by atoms with E-state index in [1.165, 1.54) is 47.9 Å². The second kappa shape index (κ2) is 26.8. The quantitative estimate of drug-likeness (QED) is 0.0883. The molecule has 2 atom stereocenters. The first-order valence-corrected chi connectivity index (χ1v) is 23.5. The Hall–Kier alpha value is -7.51. The van der Waals surface area contributed by atoms with Gasteiger partial charge in [-0.2, -0.15) is 42.8 Å². The second-order valence-corrected chi connectivity index (χ2v) is 17.3. The molecule has 14 nitrogen and oxygen atoms in total. The number of nitrogens with one attached hydrogen (secondary N) is 2. The van der Waals surface area contributed by atoms with Crippen LogP contribution in [0.25, 0.3) is 33.6 Å². The summed E-state index contributed by atoms with van der Waals surface area (Å²) in [6.45, 7) is 3.56. The van der Waals surface area contributed by atoms with Gasteiger partial charge in [-0.1, -0.05) is 121 Å². The second-order valence-electron chi connectivity index (χ2n) is 16.5. The van der Waals surface area contributed by atoms with Crippen LogP contribution in [-0.4, -0.2) is 44.1 Å². The number of anilines is 2. The van der Waals surface area contributed by atoms with Gasteiger partial charge in [-0.15, -0.1) is 22.3 Å². The van der Waals surface area contributed by atoms with Crippen LogP contribution < -0.4 is 40.2 Å². The summed E-state index contributed by atoms with van der Waals surface area (Å²) in [5.41, 5.74) is 10.8. The van der Waals surface area contributed by atoms with E-state index in [4.69, 9.17) is 51.9 Å². The van der Waals surface area contributed by atoms with Crippen molar-refractivity contribution in [1.29, 1.82) is 0 Å². The van der Waals surface area contributed by atoms with E-state index >= 15 is 0 Å². The van der Waals surface area contributed by atoms with Gasteiger partial charge in [0.05, 0.1) is 11.4 Å². The summed E-state index contributed by atoms with van der Waals surface area (Å²) in [6, 6.07) is 52.0. The first-order valence-electron chi connectivity index (χ1n) is 22.8. The molecule has 73 heavy (non-hydrogen) atoms. The van der Waals surface area contributed by atoms with E-state index in [0.717, 1.165) is 39.5 Å². The molecule has 2 aliphatic carbocycles. The van der Waals surface area contributed by atoms with E-state index in [0.29, 0.717) is 21.7 Å². The Morgan fingerprint density at radius 3 is 1.27 bits per heavy atom. The van der Waals surface area contributed by atoms with Crippen molar-refractivity contribution < 1.29 is 67.8 Å². The zero-order valence-electron chi connectivity index (χ0n) is 40.0. The molecule has 10 rings (SSSR count). The minimum absolute atomic E-state index is 0. The Kier molecular flexibility index (Phi) is 20.1. The van der Waals surface area contributed by atoms with E-state index in [1.807, 2.05) is 60.7 Å². The number of hydrogen-bond donors (Lipinski definition) is 2. The smallest absolute Gasteiger partial charge is 0.441 e. The van der Waals surface area contributed by atoms with Crippen LogP contribution in [0.3, 0.4) is 0 Å². The number of aromatic nitrogens is 4. The Bertz CT molecular complexity index is 2930. The predicted octanol–water partition coefficient (Wildman–Crippen LogP) is 10.4. The molecule has 2 aromatic heterocycles. The molecule has 17 heteroatoms. The molecular formula is C56H47Cl2N6NaO8. The standard InChI is InChI=1S/C27H24ClN3O2.C27H23ClN3O2.2CO2.Na/c2*1-18(24-4-2-3-5-25(24)28)33-27(32)29-26-16-17-31(30-26)23-14-12-22(13-15-23)21-10-8-20(9-11-21)19-6-7-19;2*2-1-3;/h2-5,8-19H,6-7H2,1H3,(H,29,30,32);2-5,8-18H,6-7H2,1H3,(H,29,30,32);;;/q;-1;;;+1/t2*18-;;;/m11.../s1. The number of rotatable bonds is 12. The van der Waals surface area contributed by atoms with Crippen LogP contribution in [0, 0.1) is 5.92 Å². The van der Waals surface area contributed by atoms with Crippen molar-refractivity contribution in [3.8, 4) is 33.6 Å². The summed E-state index contributed by atoms with van der Waals surface area (Å²) in [5.74, 6) is 3.12. The summed E-state index contributed by atoms with van der Waals surface area (Å²) in [5, 5.41) is 15.3. The minimum Gasteiger partial charge on any atom is -0.441 e. The number of halogens is 2. The summed E-state index contributed by atoms with van der Waals surface area (Å²) in [6.07, 6.45) is 7.04. The van der Waals surface area contributed by atoms with Crippen molar-refractivity contribution >= 4 is 59.3 Å². The third-order valence-corrected chi connectivity index (χ3v) is 12.3. The van der Waals surface area contributed by atoms with Gasteiger partial charge in [-0.3, -0.25) is 10.6 Å². The largest absolute Gasteiger partial charge is 1.00 e. The van der Waals surface area contributed by atoms with E-state index in [-0.39, 0.29) is 41.9 Å². The molecule has 2 saturated carbocycles. The molecule has 2 heterocycles. The van der Waals surface area contributed by atoms with Gasteiger partial charge in [0.15, 0.2) is 11.6 Å². The fourth-order valence-corrected chi connectivity index (χ4v) is 8.20. The summed E-state index contributed by atoms with van der Waals surface area (Å²) >= 11 is 12.4. The van der Waals surface area contributed by atoms with Crippen molar-refractivity contribution in [3.05, 3.63) is 208 Å².